The average molecular weight is 319 g/mol. The van der Waals surface area contributed by atoms with Crippen LogP contribution in [0.15, 0.2) is 6.20 Å². The molecule has 1 aromatic rings. The topological polar surface area (TPSA) is 104 Å². The number of alkyl halides is 3. The number of halogens is 3. The van der Waals surface area contributed by atoms with E-state index in [0.717, 1.165) is 12.6 Å². The van der Waals surface area contributed by atoms with Crippen molar-refractivity contribution in [3.05, 3.63) is 17.7 Å². The summed E-state index contributed by atoms with van der Waals surface area (Å²) in [6, 6.07) is -0.931. The third kappa shape index (κ3) is 4.20. The fourth-order valence-electron chi connectivity index (χ4n) is 2.49. The molecule has 1 aliphatic rings. The highest BCUT2D eigenvalue weighted by atomic mass is 19.4. The quantitative estimate of drug-likeness (QED) is 0.766. The first-order valence-electron chi connectivity index (χ1n) is 6.69. The Morgan fingerprint density at radius 3 is 2.82 bits per heavy atom. The number of H-pyrrole nitrogens is 1. The highest BCUT2D eigenvalue weighted by Gasteiger charge is 2.34. The van der Waals surface area contributed by atoms with Gasteiger partial charge < -0.3 is 10.7 Å². The highest BCUT2D eigenvalue weighted by Crippen LogP contribution is 2.30. The van der Waals surface area contributed by atoms with Crippen molar-refractivity contribution in [2.24, 2.45) is 5.73 Å². The van der Waals surface area contributed by atoms with Crippen molar-refractivity contribution >= 4 is 11.9 Å². The van der Waals surface area contributed by atoms with Crippen molar-refractivity contribution in [1.82, 2.24) is 20.2 Å². The van der Waals surface area contributed by atoms with Gasteiger partial charge in [0.25, 0.3) is 0 Å². The zero-order valence-electron chi connectivity index (χ0n) is 11.6. The Morgan fingerprint density at radius 2 is 2.23 bits per heavy atom. The van der Waals surface area contributed by atoms with Crippen LogP contribution in [0.5, 0.6) is 0 Å². The standard InChI is InChI=1S/C12H16F3N5O2/c13-12(14,15)8-4-17-10(18-8)7-2-1-3-20(5-7)6-9(21)19-11(16)22/h4,7H,1-3,5-6H2,(H,17,18)(H3,16,19,21,22)/t7-/m1/s1. The number of rotatable bonds is 3. The molecule has 0 saturated carbocycles. The van der Waals surface area contributed by atoms with E-state index in [9.17, 15) is 22.8 Å². The fourth-order valence-corrected chi connectivity index (χ4v) is 2.49. The Morgan fingerprint density at radius 1 is 1.50 bits per heavy atom. The molecule has 7 nitrogen and oxygen atoms in total. The maximum atomic E-state index is 12.6. The molecule has 22 heavy (non-hydrogen) atoms. The van der Waals surface area contributed by atoms with E-state index in [0.29, 0.717) is 19.5 Å². The maximum Gasteiger partial charge on any atom is 0.432 e. The number of urea groups is 1. The minimum absolute atomic E-state index is 0.0354. The molecule has 4 N–H and O–H groups in total. The molecule has 0 aromatic carbocycles. The number of nitrogens with two attached hydrogens (primary N) is 1. The monoisotopic (exact) mass is 319 g/mol. The second kappa shape index (κ2) is 6.34. The smallest absolute Gasteiger partial charge is 0.351 e. The number of aromatic amines is 1. The normalized spacial score (nSPS) is 19.9. The van der Waals surface area contributed by atoms with E-state index in [1.165, 1.54) is 0 Å². The van der Waals surface area contributed by atoms with E-state index in [-0.39, 0.29) is 18.3 Å². The van der Waals surface area contributed by atoms with Crippen LogP contribution in [0.1, 0.15) is 30.3 Å². The van der Waals surface area contributed by atoms with Crippen LogP contribution in [-0.2, 0) is 11.0 Å². The van der Waals surface area contributed by atoms with E-state index in [4.69, 9.17) is 5.73 Å². The van der Waals surface area contributed by atoms with E-state index in [2.05, 4.69) is 9.97 Å². The molecule has 1 aliphatic heterocycles. The zero-order chi connectivity index (χ0) is 16.3. The number of imidazole rings is 1. The lowest BCUT2D eigenvalue weighted by Crippen LogP contribution is -2.45. The number of primary amides is 1. The number of nitrogens with one attached hydrogen (secondary N) is 2. The van der Waals surface area contributed by atoms with Crippen LogP contribution < -0.4 is 11.1 Å². The van der Waals surface area contributed by atoms with Gasteiger partial charge in [0.15, 0.2) is 0 Å². The summed E-state index contributed by atoms with van der Waals surface area (Å²) >= 11 is 0. The highest BCUT2D eigenvalue weighted by molar-refractivity contribution is 5.94. The minimum atomic E-state index is -4.46. The molecule has 3 amide bonds. The second-order valence-electron chi connectivity index (χ2n) is 5.17. The van der Waals surface area contributed by atoms with Crippen LogP contribution in [0.25, 0.3) is 0 Å². The largest absolute Gasteiger partial charge is 0.432 e. The van der Waals surface area contributed by atoms with E-state index in [1.807, 2.05) is 5.32 Å². The summed E-state index contributed by atoms with van der Waals surface area (Å²) in [4.78, 5) is 29.9. The number of aromatic nitrogens is 2. The van der Waals surface area contributed by atoms with Gasteiger partial charge in [-0.3, -0.25) is 15.0 Å². The van der Waals surface area contributed by atoms with E-state index < -0.39 is 23.8 Å². The molecule has 1 atom stereocenters. The summed E-state index contributed by atoms with van der Waals surface area (Å²) in [6.07, 6.45) is -2.29. The van der Waals surface area contributed by atoms with Gasteiger partial charge in [-0.15, -0.1) is 0 Å². The first-order chi connectivity index (χ1) is 10.3. The van der Waals surface area contributed by atoms with Gasteiger partial charge in [0, 0.05) is 12.5 Å². The molecule has 10 heteroatoms. The van der Waals surface area contributed by atoms with Gasteiger partial charge in [0.1, 0.15) is 11.5 Å². The molecule has 2 heterocycles. The van der Waals surface area contributed by atoms with Crippen LogP contribution in [0.2, 0.25) is 0 Å². The minimum Gasteiger partial charge on any atom is -0.351 e. The predicted octanol–water partition coefficient (Wildman–Crippen LogP) is 0.803. The third-order valence-electron chi connectivity index (χ3n) is 3.42. The van der Waals surface area contributed by atoms with Gasteiger partial charge in [-0.05, 0) is 19.4 Å². The maximum absolute atomic E-state index is 12.6. The Bertz CT molecular complexity index is 557. The van der Waals surface area contributed by atoms with Gasteiger partial charge in [0.2, 0.25) is 5.91 Å². The number of nitrogens with zero attached hydrogens (tertiary/aromatic N) is 2. The number of carbonyl (C=O) groups is 2. The zero-order valence-corrected chi connectivity index (χ0v) is 11.6. The van der Waals surface area contributed by atoms with Crippen LogP contribution in [-0.4, -0.2) is 46.4 Å². The number of hydrogen-bond donors (Lipinski definition) is 3. The van der Waals surface area contributed by atoms with Gasteiger partial charge in [-0.1, -0.05) is 0 Å². The van der Waals surface area contributed by atoms with Gasteiger partial charge in [0.05, 0.1) is 12.7 Å². The molecule has 2 rings (SSSR count). The Kier molecular flexibility index (Phi) is 4.69. The van der Waals surface area contributed by atoms with Crippen molar-refractivity contribution in [1.29, 1.82) is 0 Å². The SMILES string of the molecule is NC(=O)NC(=O)CN1CCC[C@@H](c2ncc(C(F)(F)F)[nH]2)C1. The third-order valence-corrected chi connectivity index (χ3v) is 3.42. The van der Waals surface area contributed by atoms with Gasteiger partial charge in [-0.25, -0.2) is 9.78 Å². The molecule has 0 radical (unpaired) electrons. The molecular weight excluding hydrogens is 303 g/mol. The number of imide groups is 1. The average Bonchev–Trinajstić information content (AvgIpc) is 2.87. The summed E-state index contributed by atoms with van der Waals surface area (Å²) in [5.41, 5.74) is 3.97. The summed E-state index contributed by atoms with van der Waals surface area (Å²) in [6.45, 7) is 0.971. The molecule has 0 unspecified atom stereocenters. The van der Waals surface area contributed by atoms with Gasteiger partial charge >= 0.3 is 12.2 Å². The molecule has 0 aliphatic carbocycles. The van der Waals surface area contributed by atoms with Crippen molar-refractivity contribution in [2.75, 3.05) is 19.6 Å². The summed E-state index contributed by atoms with van der Waals surface area (Å²) in [5.74, 6) is -0.498. The Balaban J connectivity index is 1.97. The number of amides is 3. The Hall–Kier alpha value is -2.10. The van der Waals surface area contributed by atoms with Crippen molar-refractivity contribution < 1.29 is 22.8 Å². The molecular formula is C12H16F3N5O2. The van der Waals surface area contributed by atoms with E-state index in [1.54, 1.807) is 4.90 Å². The van der Waals surface area contributed by atoms with Crippen LogP contribution in [0.3, 0.4) is 0 Å². The lowest BCUT2D eigenvalue weighted by Gasteiger charge is -2.31. The van der Waals surface area contributed by atoms with Crippen LogP contribution in [0, 0.1) is 0 Å². The first kappa shape index (κ1) is 16.3. The molecule has 0 bridgehead atoms. The molecule has 1 saturated heterocycles. The van der Waals surface area contributed by atoms with Crippen molar-refractivity contribution in [2.45, 2.75) is 24.9 Å². The molecule has 1 fully saturated rings. The van der Waals surface area contributed by atoms with Crippen LogP contribution in [0.4, 0.5) is 18.0 Å². The summed E-state index contributed by atoms with van der Waals surface area (Å²) < 4.78 is 37.7. The van der Waals surface area contributed by atoms with Crippen molar-refractivity contribution in [3.8, 4) is 0 Å². The number of hydrogen-bond acceptors (Lipinski definition) is 4. The van der Waals surface area contributed by atoms with Crippen LogP contribution >= 0.6 is 0 Å². The lowest BCUT2D eigenvalue weighted by molar-refractivity contribution is -0.141. The molecule has 0 spiro atoms. The van der Waals surface area contributed by atoms with Gasteiger partial charge in [-0.2, -0.15) is 13.2 Å². The Labute approximate surface area is 124 Å². The number of likely N-dealkylation sites (tertiary alicyclic amines) is 1. The van der Waals surface area contributed by atoms with Crippen molar-refractivity contribution in [3.63, 3.8) is 0 Å². The lowest BCUT2D eigenvalue weighted by atomic mass is 9.97. The molecule has 122 valence electrons. The first-order valence-corrected chi connectivity index (χ1v) is 6.69. The fraction of sp³-hybridized carbons (Fsp3) is 0.583. The summed E-state index contributed by atoms with van der Waals surface area (Å²) in [7, 11) is 0. The summed E-state index contributed by atoms with van der Waals surface area (Å²) in [5, 5.41) is 1.95. The second-order valence-corrected chi connectivity index (χ2v) is 5.17. The van der Waals surface area contributed by atoms with E-state index >= 15 is 0 Å². The number of carbonyl (C=O) groups excluding carboxylic acids is 2. The number of piperidine rings is 1. The molecule has 1 aromatic heterocycles. The predicted molar refractivity (Wildman–Crippen MR) is 69.7 cm³/mol.